The molecule has 0 spiro atoms. The Morgan fingerprint density at radius 3 is 2.84 bits per heavy atom. The van der Waals surface area contributed by atoms with E-state index in [2.05, 4.69) is 20.6 Å². The number of fused-ring (bicyclic) bond motifs is 7. The Morgan fingerprint density at radius 2 is 2.03 bits per heavy atom. The topological polar surface area (TPSA) is 100.0 Å². The van der Waals surface area contributed by atoms with E-state index >= 15 is 0 Å². The predicted octanol–water partition coefficient (Wildman–Crippen LogP) is 4.54. The Hall–Kier alpha value is -3.27. The average molecular weight is 445 g/mol. The van der Waals surface area contributed by atoms with Gasteiger partial charge in [-0.1, -0.05) is 0 Å². The monoisotopic (exact) mass is 445 g/mol. The van der Waals surface area contributed by atoms with Crippen LogP contribution in [0.4, 0.5) is 26.1 Å². The van der Waals surface area contributed by atoms with E-state index in [0.717, 1.165) is 6.20 Å². The summed E-state index contributed by atoms with van der Waals surface area (Å²) in [5, 5.41) is 6.01. The van der Waals surface area contributed by atoms with Crippen LogP contribution in [0.5, 0.6) is 5.75 Å². The van der Waals surface area contributed by atoms with E-state index in [4.69, 9.17) is 9.52 Å². The second-order valence-electron chi connectivity index (χ2n) is 7.35. The third-order valence-electron chi connectivity index (χ3n) is 4.55. The van der Waals surface area contributed by atoms with Crippen LogP contribution in [0.3, 0.4) is 0 Å². The van der Waals surface area contributed by atoms with Crippen molar-refractivity contribution < 1.29 is 17.7 Å². The van der Waals surface area contributed by atoms with Crippen molar-refractivity contribution in [2.24, 2.45) is 0 Å². The van der Waals surface area contributed by atoms with E-state index in [1.54, 1.807) is 18.2 Å². The minimum absolute atomic E-state index is 0.0331. The minimum atomic E-state index is -2.77. The molecule has 3 N–H and O–H groups in total. The Morgan fingerprint density at radius 1 is 1.19 bits per heavy atom. The van der Waals surface area contributed by atoms with Gasteiger partial charge < -0.3 is 15.4 Å². The summed E-state index contributed by atoms with van der Waals surface area (Å²) in [6.45, 7) is 0.802. The number of hydrogen-bond donors (Lipinski definition) is 3. The zero-order chi connectivity index (χ0) is 22.0. The van der Waals surface area contributed by atoms with Crippen molar-refractivity contribution in [1.29, 1.82) is 4.78 Å². The maximum Gasteiger partial charge on any atom is 0.227 e. The highest BCUT2D eigenvalue weighted by molar-refractivity contribution is 7.90. The summed E-state index contributed by atoms with van der Waals surface area (Å²) in [6.07, 6.45) is 3.00. The summed E-state index contributed by atoms with van der Waals surface area (Å²) in [5.74, 6) is -0.369. The number of halogens is 2. The van der Waals surface area contributed by atoms with Gasteiger partial charge in [-0.3, -0.25) is 4.78 Å². The highest BCUT2D eigenvalue weighted by atomic mass is 32.2. The van der Waals surface area contributed by atoms with Crippen LogP contribution in [0.1, 0.15) is 12.0 Å². The van der Waals surface area contributed by atoms with Gasteiger partial charge in [0.1, 0.15) is 17.3 Å². The molecule has 0 saturated carbocycles. The highest BCUT2D eigenvalue weighted by Crippen LogP contribution is 2.29. The number of hydrogen-bond acceptors (Lipinski definition) is 7. The molecular weight excluding hydrogens is 424 g/mol. The number of ether oxygens (including phenoxy) is 1. The van der Waals surface area contributed by atoms with Crippen molar-refractivity contribution in [2.75, 3.05) is 30.0 Å². The molecule has 2 heterocycles. The van der Waals surface area contributed by atoms with Gasteiger partial charge in [-0.05, 0) is 42.3 Å². The summed E-state index contributed by atoms with van der Waals surface area (Å²) in [6, 6.07) is 9.42. The molecule has 1 atom stereocenters. The molecule has 3 aromatic rings. The summed E-state index contributed by atoms with van der Waals surface area (Å²) >= 11 is 0. The van der Waals surface area contributed by atoms with E-state index in [0.29, 0.717) is 42.1 Å². The van der Waals surface area contributed by atoms with Gasteiger partial charge in [-0.15, -0.1) is 0 Å². The molecule has 10 heteroatoms. The number of benzene rings is 2. The summed E-state index contributed by atoms with van der Waals surface area (Å²) in [5.41, 5.74) is 1.90. The first-order valence-corrected chi connectivity index (χ1v) is 11.7. The fraction of sp³-hybridized carbons (Fsp3) is 0.238. The molecule has 2 aromatic carbocycles. The van der Waals surface area contributed by atoms with Crippen molar-refractivity contribution in [3.63, 3.8) is 0 Å². The van der Waals surface area contributed by atoms with Gasteiger partial charge >= 0.3 is 0 Å². The van der Waals surface area contributed by atoms with Gasteiger partial charge in [0.2, 0.25) is 5.95 Å². The molecule has 0 saturated heterocycles. The maximum atomic E-state index is 14.5. The van der Waals surface area contributed by atoms with Gasteiger partial charge in [0.15, 0.2) is 5.82 Å². The van der Waals surface area contributed by atoms with Crippen LogP contribution < -0.4 is 15.4 Å². The molecule has 0 fully saturated rings. The fourth-order valence-corrected chi connectivity index (χ4v) is 4.07. The number of aromatic nitrogens is 2. The lowest BCUT2D eigenvalue weighted by molar-refractivity contribution is 0.315. The Balaban J connectivity index is 1.78. The Labute approximate surface area is 178 Å². The third-order valence-corrected chi connectivity index (χ3v) is 5.44. The largest absolute Gasteiger partial charge is 0.493 e. The molecule has 0 amide bonds. The number of anilines is 3. The lowest BCUT2D eigenvalue weighted by atomic mass is 10.1. The predicted molar refractivity (Wildman–Crippen MR) is 116 cm³/mol. The molecule has 7 nitrogen and oxygen atoms in total. The molecular formula is C21H21F2N5O2S. The van der Waals surface area contributed by atoms with Gasteiger partial charge in [0, 0.05) is 39.8 Å². The molecule has 1 aromatic heterocycles. The number of nitrogens with one attached hydrogen (secondary N) is 3. The molecule has 1 aliphatic rings. The van der Waals surface area contributed by atoms with Crippen LogP contribution in [-0.4, -0.2) is 33.6 Å². The van der Waals surface area contributed by atoms with Crippen LogP contribution in [0, 0.1) is 16.4 Å². The van der Waals surface area contributed by atoms with E-state index in [1.165, 1.54) is 24.5 Å². The third kappa shape index (κ3) is 5.26. The van der Waals surface area contributed by atoms with Gasteiger partial charge in [0.25, 0.3) is 0 Å². The van der Waals surface area contributed by atoms with E-state index in [1.807, 2.05) is 0 Å². The van der Waals surface area contributed by atoms with Crippen molar-refractivity contribution in [2.45, 2.75) is 12.2 Å². The van der Waals surface area contributed by atoms with Crippen LogP contribution in [0.25, 0.3) is 11.3 Å². The first-order chi connectivity index (χ1) is 14.8. The second kappa shape index (κ2) is 8.46. The Bertz CT molecular complexity index is 1230. The summed E-state index contributed by atoms with van der Waals surface area (Å²) in [7, 11) is -2.77. The summed E-state index contributed by atoms with van der Waals surface area (Å²) < 4.78 is 54.2. The quantitative estimate of drug-likeness (QED) is 0.536. The molecule has 4 rings (SSSR count). The lowest BCUT2D eigenvalue weighted by Gasteiger charge is -2.13. The maximum absolute atomic E-state index is 14.5. The molecule has 0 aliphatic carbocycles. The second-order valence-corrected chi connectivity index (χ2v) is 9.65. The molecule has 6 bridgehead atoms. The summed E-state index contributed by atoms with van der Waals surface area (Å²) in [4.78, 5) is 8.25. The fourth-order valence-electron chi connectivity index (χ4n) is 3.27. The zero-order valence-corrected chi connectivity index (χ0v) is 17.6. The van der Waals surface area contributed by atoms with E-state index in [-0.39, 0.29) is 23.1 Å². The van der Waals surface area contributed by atoms with Crippen molar-refractivity contribution in [1.82, 2.24) is 9.97 Å². The van der Waals surface area contributed by atoms with Gasteiger partial charge in [0.05, 0.1) is 24.2 Å². The molecule has 162 valence electrons. The zero-order valence-electron chi connectivity index (χ0n) is 16.7. The number of rotatable bonds is 2. The molecule has 1 unspecified atom stereocenters. The Kier molecular flexibility index (Phi) is 5.73. The lowest BCUT2D eigenvalue weighted by Crippen LogP contribution is -2.09. The number of nitrogens with zero attached hydrogens (tertiary/aromatic N) is 2. The smallest absolute Gasteiger partial charge is 0.227 e. The van der Waals surface area contributed by atoms with E-state index in [9.17, 15) is 13.0 Å². The first kappa shape index (κ1) is 21.0. The van der Waals surface area contributed by atoms with Crippen LogP contribution >= 0.6 is 0 Å². The van der Waals surface area contributed by atoms with Crippen molar-refractivity contribution in [3.8, 4) is 17.0 Å². The van der Waals surface area contributed by atoms with Crippen LogP contribution in [0.15, 0.2) is 42.6 Å². The molecule has 1 aliphatic heterocycles. The minimum Gasteiger partial charge on any atom is -0.493 e. The average Bonchev–Trinajstić information content (AvgIpc) is 2.69. The van der Waals surface area contributed by atoms with Crippen molar-refractivity contribution in [3.05, 3.63) is 59.8 Å². The van der Waals surface area contributed by atoms with Gasteiger partial charge in [-0.2, -0.15) is 0 Å². The van der Waals surface area contributed by atoms with Crippen LogP contribution in [-0.2, 0) is 15.5 Å². The van der Waals surface area contributed by atoms with E-state index < -0.39 is 21.4 Å². The normalized spacial score (nSPS) is 15.3. The molecule has 0 radical (unpaired) electrons. The SMILES string of the molecule is CS(=N)(=O)Cc1cc2cc(c1)OCCCNc1cc(ccc1F)-c1nc(ncc1F)N2. The van der Waals surface area contributed by atoms with Crippen LogP contribution in [0.2, 0.25) is 0 Å². The molecule has 31 heavy (non-hydrogen) atoms. The van der Waals surface area contributed by atoms with Gasteiger partial charge in [-0.25, -0.2) is 23.0 Å². The highest BCUT2D eigenvalue weighted by Gasteiger charge is 2.14. The first-order valence-electron chi connectivity index (χ1n) is 9.58. The standard InChI is InChI=1S/C21H21F2N5O2S/c1-31(24,29)12-13-7-15-10-16(8-13)30-6-2-5-25-19-9-14(3-4-17(19)22)20-18(23)11-26-21(27-15)28-20/h3-4,7-11,24-25H,2,5-6,12H2,1H3,(H,26,27,28). The van der Waals surface area contributed by atoms with Crippen molar-refractivity contribution >= 4 is 27.1 Å².